The number of rotatable bonds is 8. The van der Waals surface area contributed by atoms with E-state index >= 15 is 0 Å². The second-order valence-electron chi connectivity index (χ2n) is 9.52. The molecule has 0 aromatic heterocycles. The van der Waals surface area contributed by atoms with Crippen molar-refractivity contribution in [1.82, 2.24) is 14.9 Å². The third-order valence-corrected chi connectivity index (χ3v) is 8.64. The Balaban J connectivity index is 1.74. The molecule has 0 radical (unpaired) electrons. The van der Waals surface area contributed by atoms with E-state index in [9.17, 15) is 22.8 Å². The van der Waals surface area contributed by atoms with Gasteiger partial charge in [0, 0.05) is 18.9 Å². The van der Waals surface area contributed by atoms with Crippen LogP contribution in [-0.4, -0.2) is 53.9 Å². The molecule has 0 aromatic carbocycles. The average molecular weight is 440 g/mol. The van der Waals surface area contributed by atoms with Gasteiger partial charge in [-0.25, -0.2) is 8.42 Å². The number of hydrogen-bond donors (Lipinski definition) is 2. The van der Waals surface area contributed by atoms with Crippen molar-refractivity contribution in [3.8, 4) is 0 Å². The summed E-state index contributed by atoms with van der Waals surface area (Å²) < 4.78 is 26.4. The maximum Gasteiger partial charge on any atom is 0.259 e. The van der Waals surface area contributed by atoms with Crippen molar-refractivity contribution in [1.29, 1.82) is 0 Å². The lowest BCUT2D eigenvalue weighted by Crippen LogP contribution is -2.57. The Kier molecular flexibility index (Phi) is 6.06. The lowest BCUT2D eigenvalue weighted by Gasteiger charge is -2.27. The number of hydrogen-bond acceptors (Lipinski definition) is 5. The number of likely N-dealkylation sites (tertiary alicyclic amines) is 1. The second-order valence-corrected chi connectivity index (χ2v) is 11.7. The standard InChI is InChI=1S/C21H33N3O5S/c1-5-7-15-13-21(15,19(27)23-30(28,29)20(4)9-10-20)22-18(26)16-8-6-11-24(16)17(25)12-14(2)3/h5,7,14-16H,6,8-13H2,1-4H3,(H,22,26)(H,23,27). The molecular formula is C21H33N3O5S. The number of nitrogens with zero attached hydrogens (tertiary/aromatic N) is 1. The van der Waals surface area contributed by atoms with Gasteiger partial charge in [0.15, 0.2) is 0 Å². The minimum absolute atomic E-state index is 0.0637. The van der Waals surface area contributed by atoms with E-state index < -0.39 is 32.3 Å². The highest BCUT2D eigenvalue weighted by molar-refractivity contribution is 7.91. The van der Waals surface area contributed by atoms with Crippen LogP contribution in [0.2, 0.25) is 0 Å². The molecule has 1 aliphatic heterocycles. The van der Waals surface area contributed by atoms with Gasteiger partial charge in [0.2, 0.25) is 21.8 Å². The fraction of sp³-hybridized carbons (Fsp3) is 0.762. The predicted octanol–water partition coefficient (Wildman–Crippen LogP) is 1.47. The summed E-state index contributed by atoms with van der Waals surface area (Å²) in [7, 11) is -3.80. The van der Waals surface area contributed by atoms with Gasteiger partial charge in [0.05, 0.1) is 4.75 Å². The molecule has 1 heterocycles. The van der Waals surface area contributed by atoms with Gasteiger partial charge in [-0.3, -0.25) is 19.1 Å². The number of allylic oxidation sites excluding steroid dienone is 1. The van der Waals surface area contributed by atoms with Crippen molar-refractivity contribution in [2.24, 2.45) is 11.8 Å². The highest BCUT2D eigenvalue weighted by Crippen LogP contribution is 2.47. The molecule has 0 aromatic rings. The first-order valence-corrected chi connectivity index (χ1v) is 12.3. The first kappa shape index (κ1) is 22.8. The van der Waals surface area contributed by atoms with Gasteiger partial charge >= 0.3 is 0 Å². The fourth-order valence-corrected chi connectivity index (χ4v) is 5.41. The maximum absolute atomic E-state index is 13.1. The van der Waals surface area contributed by atoms with E-state index in [0.29, 0.717) is 38.6 Å². The van der Waals surface area contributed by atoms with E-state index in [0.717, 1.165) is 6.42 Å². The minimum atomic E-state index is -3.80. The first-order valence-electron chi connectivity index (χ1n) is 10.8. The van der Waals surface area contributed by atoms with Gasteiger partial charge < -0.3 is 10.2 Å². The lowest BCUT2D eigenvalue weighted by atomic mass is 10.1. The topological polar surface area (TPSA) is 113 Å². The molecule has 8 nitrogen and oxygen atoms in total. The van der Waals surface area contributed by atoms with Crippen molar-refractivity contribution in [2.75, 3.05) is 6.54 Å². The monoisotopic (exact) mass is 439 g/mol. The number of nitrogens with one attached hydrogen (secondary N) is 2. The maximum atomic E-state index is 13.1. The van der Waals surface area contributed by atoms with E-state index in [2.05, 4.69) is 10.0 Å². The lowest BCUT2D eigenvalue weighted by molar-refractivity contribution is -0.140. The van der Waals surface area contributed by atoms with Gasteiger partial charge in [-0.15, -0.1) is 0 Å². The number of carbonyl (C=O) groups is 3. The van der Waals surface area contributed by atoms with E-state index in [-0.39, 0.29) is 23.7 Å². The van der Waals surface area contributed by atoms with Crippen LogP contribution < -0.4 is 10.0 Å². The summed E-state index contributed by atoms with van der Waals surface area (Å²) in [4.78, 5) is 40.2. The van der Waals surface area contributed by atoms with Gasteiger partial charge in [-0.05, 0) is 51.9 Å². The Bertz CT molecular complexity index is 862. The van der Waals surface area contributed by atoms with Crippen LogP contribution in [0.5, 0.6) is 0 Å². The molecule has 3 rings (SSSR count). The molecule has 0 spiro atoms. The molecule has 2 saturated carbocycles. The summed E-state index contributed by atoms with van der Waals surface area (Å²) in [6.07, 6.45) is 6.61. The third kappa shape index (κ3) is 4.26. The molecule has 3 amide bonds. The van der Waals surface area contributed by atoms with Crippen LogP contribution >= 0.6 is 0 Å². The Hall–Kier alpha value is -1.90. The Morgan fingerprint density at radius 3 is 2.47 bits per heavy atom. The molecular weight excluding hydrogens is 406 g/mol. The fourth-order valence-electron chi connectivity index (χ4n) is 4.10. The SMILES string of the molecule is CC=CC1CC1(NC(=O)C1CCCN1C(=O)CC(C)C)C(=O)NS(=O)(=O)C1(C)CC1. The van der Waals surface area contributed by atoms with Gasteiger partial charge in [-0.2, -0.15) is 0 Å². The summed E-state index contributed by atoms with van der Waals surface area (Å²) in [6, 6.07) is -0.620. The zero-order valence-electron chi connectivity index (χ0n) is 18.2. The Morgan fingerprint density at radius 2 is 1.90 bits per heavy atom. The molecule has 9 heteroatoms. The van der Waals surface area contributed by atoms with E-state index in [1.807, 2.05) is 26.8 Å². The zero-order chi connectivity index (χ0) is 22.3. The zero-order valence-corrected chi connectivity index (χ0v) is 19.0. The van der Waals surface area contributed by atoms with Crippen LogP contribution in [0.4, 0.5) is 0 Å². The van der Waals surface area contributed by atoms with Crippen LogP contribution in [0.25, 0.3) is 0 Å². The summed E-state index contributed by atoms with van der Waals surface area (Å²) in [5, 5.41) is 2.82. The Morgan fingerprint density at radius 1 is 1.23 bits per heavy atom. The third-order valence-electron chi connectivity index (χ3n) is 6.48. The van der Waals surface area contributed by atoms with Crippen LogP contribution in [-0.2, 0) is 24.4 Å². The normalized spacial score (nSPS) is 29.8. The van der Waals surface area contributed by atoms with Gasteiger partial charge in [0.1, 0.15) is 11.6 Å². The molecule has 0 bridgehead atoms. The average Bonchev–Trinajstić information content (AvgIpc) is 3.48. The molecule has 3 atom stereocenters. The van der Waals surface area contributed by atoms with Crippen molar-refractivity contribution in [3.63, 3.8) is 0 Å². The largest absolute Gasteiger partial charge is 0.339 e. The molecule has 2 N–H and O–H groups in total. The molecule has 1 saturated heterocycles. The minimum Gasteiger partial charge on any atom is -0.339 e. The molecule has 2 aliphatic carbocycles. The van der Waals surface area contributed by atoms with Crippen molar-refractivity contribution >= 4 is 27.7 Å². The summed E-state index contributed by atoms with van der Waals surface area (Å²) in [6.45, 7) is 7.85. The highest BCUT2D eigenvalue weighted by atomic mass is 32.2. The number of carbonyl (C=O) groups excluding carboxylic acids is 3. The first-order chi connectivity index (χ1) is 14.0. The van der Waals surface area contributed by atoms with Crippen LogP contribution in [0.1, 0.15) is 66.2 Å². The molecule has 30 heavy (non-hydrogen) atoms. The molecule has 3 unspecified atom stereocenters. The summed E-state index contributed by atoms with van der Waals surface area (Å²) in [5.74, 6) is -1.22. The van der Waals surface area contributed by atoms with E-state index in [1.54, 1.807) is 17.9 Å². The van der Waals surface area contributed by atoms with Crippen LogP contribution in [0, 0.1) is 11.8 Å². The highest BCUT2D eigenvalue weighted by Gasteiger charge is 2.62. The van der Waals surface area contributed by atoms with Crippen molar-refractivity contribution < 1.29 is 22.8 Å². The summed E-state index contributed by atoms with van der Waals surface area (Å²) >= 11 is 0. The summed E-state index contributed by atoms with van der Waals surface area (Å²) in [5.41, 5.74) is -1.28. The van der Waals surface area contributed by atoms with Crippen LogP contribution in [0.15, 0.2) is 12.2 Å². The number of amides is 3. The quantitative estimate of drug-likeness (QED) is 0.556. The second kappa shape index (κ2) is 7.98. The molecule has 3 aliphatic rings. The van der Waals surface area contributed by atoms with Crippen molar-refractivity contribution in [3.05, 3.63) is 12.2 Å². The van der Waals surface area contributed by atoms with Gasteiger partial charge in [0.25, 0.3) is 5.91 Å². The smallest absolute Gasteiger partial charge is 0.259 e. The van der Waals surface area contributed by atoms with Crippen LogP contribution in [0.3, 0.4) is 0 Å². The van der Waals surface area contributed by atoms with Crippen molar-refractivity contribution in [2.45, 2.75) is 82.5 Å². The Labute approximate surface area is 178 Å². The number of sulfonamides is 1. The molecule has 3 fully saturated rings. The van der Waals surface area contributed by atoms with E-state index in [4.69, 9.17) is 0 Å². The molecule has 168 valence electrons. The van der Waals surface area contributed by atoms with E-state index in [1.165, 1.54) is 0 Å². The predicted molar refractivity (Wildman–Crippen MR) is 113 cm³/mol. The van der Waals surface area contributed by atoms with Gasteiger partial charge in [-0.1, -0.05) is 26.0 Å².